The van der Waals surface area contributed by atoms with Gasteiger partial charge in [-0.05, 0) is 31.5 Å². The predicted octanol–water partition coefficient (Wildman–Crippen LogP) is 2.36. The first-order chi connectivity index (χ1) is 20.7. The number of urea groups is 1. The Morgan fingerprint density at radius 3 is 2.60 bits per heavy atom. The number of amides is 3. The maximum atomic E-state index is 13.5. The van der Waals surface area contributed by atoms with Crippen LogP contribution in [-0.2, 0) is 17.4 Å². The number of nitrogens with one attached hydrogen (secondary N) is 5. The lowest BCUT2D eigenvalue weighted by atomic mass is 10.0. The third kappa shape index (κ3) is 7.00. The maximum Gasteiger partial charge on any atom is 0.433 e. The van der Waals surface area contributed by atoms with E-state index in [4.69, 9.17) is 10.5 Å². The Balaban J connectivity index is 1.56. The zero-order valence-electron chi connectivity index (χ0n) is 22.9. The zero-order valence-corrected chi connectivity index (χ0v) is 22.9. The number of hydrogen-bond acceptors (Lipinski definition) is 9. The minimum Gasteiger partial charge on any atom is -0.426 e. The quantitative estimate of drug-likeness (QED) is 0.0984. The van der Waals surface area contributed by atoms with Gasteiger partial charge in [0.15, 0.2) is 17.2 Å². The molecule has 0 spiro atoms. The van der Waals surface area contributed by atoms with Crippen LogP contribution in [-0.4, -0.2) is 69.2 Å². The van der Waals surface area contributed by atoms with Gasteiger partial charge in [0.1, 0.15) is 5.69 Å². The summed E-state index contributed by atoms with van der Waals surface area (Å²) in [6, 6.07) is 2.65. The van der Waals surface area contributed by atoms with Crippen molar-refractivity contribution in [2.75, 3.05) is 31.5 Å². The fourth-order valence-corrected chi connectivity index (χ4v) is 4.32. The molecule has 14 nitrogen and oxygen atoms in total. The molecule has 7 N–H and O–H groups in total. The molecule has 1 aromatic carbocycles. The van der Waals surface area contributed by atoms with E-state index in [1.807, 2.05) is 5.10 Å². The summed E-state index contributed by atoms with van der Waals surface area (Å²) in [5.74, 6) is -0.243. The highest BCUT2D eigenvalue weighted by molar-refractivity contribution is 5.98. The van der Waals surface area contributed by atoms with Crippen LogP contribution in [0.25, 0.3) is 16.9 Å². The van der Waals surface area contributed by atoms with Crippen LogP contribution in [0.4, 0.5) is 29.5 Å². The van der Waals surface area contributed by atoms with Gasteiger partial charge in [-0.3, -0.25) is 19.1 Å². The predicted molar refractivity (Wildman–Crippen MR) is 149 cm³/mol. The van der Waals surface area contributed by atoms with Crippen molar-refractivity contribution in [3.63, 3.8) is 0 Å². The summed E-state index contributed by atoms with van der Waals surface area (Å²) in [6.07, 6.45) is 1.41. The Morgan fingerprint density at radius 2 is 1.88 bits per heavy atom. The Morgan fingerprint density at radius 1 is 1.12 bits per heavy atom. The van der Waals surface area contributed by atoms with Crippen molar-refractivity contribution in [3.8, 4) is 17.0 Å². The molecule has 0 unspecified atom stereocenters. The number of carbonyl (C=O) groups excluding carboxylic acids is 3. The Hall–Kier alpha value is -5.19. The molecule has 0 saturated carbocycles. The molecule has 0 fully saturated rings. The second-order valence-electron chi connectivity index (χ2n) is 9.01. The molecule has 0 bridgehead atoms. The number of benzene rings is 1. The number of rotatable bonds is 13. The van der Waals surface area contributed by atoms with Crippen LogP contribution < -0.4 is 31.7 Å². The Labute approximate surface area is 242 Å². The molecule has 0 saturated heterocycles. The van der Waals surface area contributed by atoms with Crippen molar-refractivity contribution in [1.29, 1.82) is 0 Å². The van der Waals surface area contributed by atoms with Crippen LogP contribution in [0.3, 0.4) is 0 Å². The molecule has 0 radical (unpaired) electrons. The number of alkyl halides is 3. The first kappa shape index (κ1) is 30.8. The van der Waals surface area contributed by atoms with E-state index in [0.717, 1.165) is 6.20 Å². The van der Waals surface area contributed by atoms with Gasteiger partial charge in [-0.25, -0.2) is 14.8 Å². The number of aromatic amines is 1. The minimum absolute atomic E-state index is 0.0623. The number of nitrogens with two attached hydrogens (primary N) is 1. The molecule has 228 valence electrons. The lowest BCUT2D eigenvalue weighted by Gasteiger charge is -2.17. The molecule has 4 aromatic rings. The zero-order chi connectivity index (χ0) is 31.0. The average Bonchev–Trinajstić information content (AvgIpc) is 3.64. The molecule has 0 atom stereocenters. The van der Waals surface area contributed by atoms with Crippen molar-refractivity contribution >= 4 is 35.6 Å². The molecule has 3 heterocycles. The lowest BCUT2D eigenvalue weighted by Crippen LogP contribution is -2.41. The van der Waals surface area contributed by atoms with Crippen LogP contribution in [0, 0.1) is 0 Å². The van der Waals surface area contributed by atoms with Crippen molar-refractivity contribution in [1.82, 2.24) is 40.5 Å². The van der Waals surface area contributed by atoms with Gasteiger partial charge >= 0.3 is 12.2 Å². The number of fused-ring (bicyclic) bond motifs is 1. The topological polar surface area (TPSA) is 193 Å². The largest absolute Gasteiger partial charge is 0.433 e. The lowest BCUT2D eigenvalue weighted by molar-refractivity contribution is -0.140. The standard InChI is InChI=1S/C26H29F3N10O4/c1-2-15-16(24(41)32-8-9-34-25(42)33-7-3-6-30)4-5-18(20(15)43-14-40)37-22-23-35-13-19(39(23)11-10-31-22)17-12-36-38-21(17)26(27,28)29/h4-5,10-14H,2-3,6-9,30H2,1H3,(H,31,37)(H,32,41)(H,36,38)(H2,33,34,42). The summed E-state index contributed by atoms with van der Waals surface area (Å²) in [5.41, 5.74) is 5.38. The smallest absolute Gasteiger partial charge is 0.426 e. The monoisotopic (exact) mass is 602 g/mol. The highest BCUT2D eigenvalue weighted by atomic mass is 19.4. The van der Waals surface area contributed by atoms with Gasteiger partial charge in [0.2, 0.25) is 0 Å². The number of imidazole rings is 1. The highest BCUT2D eigenvalue weighted by Crippen LogP contribution is 2.37. The van der Waals surface area contributed by atoms with E-state index in [9.17, 15) is 27.6 Å². The van der Waals surface area contributed by atoms with E-state index in [0.29, 0.717) is 31.5 Å². The Bertz CT molecular complexity index is 1600. The average molecular weight is 603 g/mol. The number of aromatic nitrogens is 5. The van der Waals surface area contributed by atoms with Gasteiger partial charge in [0, 0.05) is 43.2 Å². The first-order valence-corrected chi connectivity index (χ1v) is 13.2. The summed E-state index contributed by atoms with van der Waals surface area (Å²) < 4.78 is 47.1. The molecule has 3 aromatic heterocycles. The fraction of sp³-hybridized carbons (Fsp3) is 0.308. The van der Waals surface area contributed by atoms with E-state index < -0.39 is 17.8 Å². The van der Waals surface area contributed by atoms with Crippen molar-refractivity contribution in [3.05, 3.63) is 53.7 Å². The summed E-state index contributed by atoms with van der Waals surface area (Å²) in [4.78, 5) is 44.6. The molecule has 0 aliphatic rings. The SMILES string of the molecule is CCc1c(C(=O)NCCNC(=O)NCCCN)ccc(Nc2nccn3c(-c4cn[nH]c4C(F)(F)F)cnc23)c1OC=O. The fourth-order valence-electron chi connectivity index (χ4n) is 4.32. The number of ether oxygens (including phenoxy) is 1. The molecule has 0 aliphatic carbocycles. The van der Waals surface area contributed by atoms with Crippen molar-refractivity contribution < 1.29 is 32.3 Å². The van der Waals surface area contributed by atoms with E-state index in [1.165, 1.54) is 35.1 Å². The highest BCUT2D eigenvalue weighted by Gasteiger charge is 2.36. The minimum atomic E-state index is -4.66. The molecule has 0 aliphatic heterocycles. The van der Waals surface area contributed by atoms with Crippen molar-refractivity contribution in [2.24, 2.45) is 5.73 Å². The van der Waals surface area contributed by atoms with E-state index >= 15 is 0 Å². The third-order valence-electron chi connectivity index (χ3n) is 6.27. The molecular weight excluding hydrogens is 573 g/mol. The molecule has 17 heteroatoms. The normalized spacial score (nSPS) is 11.3. The summed E-state index contributed by atoms with van der Waals surface area (Å²) in [6.45, 7) is 3.18. The van der Waals surface area contributed by atoms with E-state index in [-0.39, 0.29) is 65.3 Å². The van der Waals surface area contributed by atoms with Gasteiger partial charge in [-0.2, -0.15) is 18.3 Å². The number of anilines is 2. The molecule has 4 rings (SSSR count). The third-order valence-corrected chi connectivity index (χ3v) is 6.27. The van der Waals surface area contributed by atoms with Gasteiger partial charge in [0.25, 0.3) is 12.4 Å². The first-order valence-electron chi connectivity index (χ1n) is 13.2. The molecule has 3 amide bonds. The van der Waals surface area contributed by atoms with Crippen LogP contribution in [0.2, 0.25) is 0 Å². The second kappa shape index (κ2) is 13.6. The van der Waals surface area contributed by atoms with Gasteiger partial charge < -0.3 is 31.7 Å². The van der Waals surface area contributed by atoms with E-state index in [2.05, 4.69) is 36.3 Å². The van der Waals surface area contributed by atoms with Gasteiger partial charge in [-0.1, -0.05) is 6.92 Å². The van der Waals surface area contributed by atoms with Crippen molar-refractivity contribution in [2.45, 2.75) is 25.9 Å². The van der Waals surface area contributed by atoms with Crippen LogP contribution in [0.1, 0.15) is 35.0 Å². The number of nitrogens with zero attached hydrogens (tertiary/aromatic N) is 4. The number of halogens is 3. The van der Waals surface area contributed by atoms with Crippen LogP contribution >= 0.6 is 0 Å². The number of hydrogen-bond donors (Lipinski definition) is 6. The number of carbonyl (C=O) groups is 3. The molecule has 43 heavy (non-hydrogen) atoms. The van der Waals surface area contributed by atoms with Crippen LogP contribution in [0.15, 0.2) is 36.9 Å². The summed E-state index contributed by atoms with van der Waals surface area (Å²) in [7, 11) is 0. The van der Waals surface area contributed by atoms with Crippen LogP contribution in [0.5, 0.6) is 5.75 Å². The van der Waals surface area contributed by atoms with Gasteiger partial charge in [0.05, 0.1) is 29.3 Å². The Kier molecular flexibility index (Phi) is 9.76. The number of H-pyrrole nitrogens is 1. The summed E-state index contributed by atoms with van der Waals surface area (Å²) in [5, 5.41) is 16.5. The maximum absolute atomic E-state index is 13.5. The molecular formula is C26H29F3N10O4. The summed E-state index contributed by atoms with van der Waals surface area (Å²) >= 11 is 0. The second-order valence-corrected chi connectivity index (χ2v) is 9.01. The van der Waals surface area contributed by atoms with E-state index in [1.54, 1.807) is 6.92 Å². The van der Waals surface area contributed by atoms with Gasteiger partial charge in [-0.15, -0.1) is 0 Å².